The van der Waals surface area contributed by atoms with Gasteiger partial charge in [-0.05, 0) is 0 Å². The number of hydrogen-bond donors (Lipinski definition) is 3. The molecule has 1 aromatic rings. The van der Waals surface area contributed by atoms with Gasteiger partial charge in [0, 0.05) is 11.1 Å². The third-order valence-electron chi connectivity index (χ3n) is 1.50. The van der Waals surface area contributed by atoms with E-state index in [0.717, 1.165) is 11.3 Å². The summed E-state index contributed by atoms with van der Waals surface area (Å²) in [6, 6.07) is 0. The van der Waals surface area contributed by atoms with Crippen LogP contribution in [0.3, 0.4) is 0 Å². The summed E-state index contributed by atoms with van der Waals surface area (Å²) in [5, 5.41) is 20.5. The minimum absolute atomic E-state index is 0.148. The molecule has 4 nitrogen and oxygen atoms in total. The molecular formula is C7H9NO3S2. The molecule has 0 bridgehead atoms. The van der Waals surface area contributed by atoms with Crippen LogP contribution in [-0.4, -0.2) is 33.3 Å². The number of thiazole rings is 1. The maximum Gasteiger partial charge on any atom is 0.178 e. The van der Waals surface area contributed by atoms with Crippen molar-refractivity contribution in [2.24, 2.45) is 0 Å². The molecule has 2 unspecified atom stereocenters. The van der Waals surface area contributed by atoms with Crippen molar-refractivity contribution in [3.05, 3.63) is 16.1 Å². The average Bonchev–Trinajstić information content (AvgIpc) is 2.63. The minimum Gasteiger partial charge on any atom is -0.389 e. The van der Waals surface area contributed by atoms with Gasteiger partial charge in [-0.25, -0.2) is 4.98 Å². The first-order valence-electron chi connectivity index (χ1n) is 3.56. The zero-order valence-corrected chi connectivity index (χ0v) is 8.33. The van der Waals surface area contributed by atoms with E-state index in [1.807, 2.05) is 0 Å². The summed E-state index contributed by atoms with van der Waals surface area (Å²) >= 11 is 4.96. The molecule has 2 N–H and O–H groups in total. The maximum absolute atomic E-state index is 10.3. The standard InChI is InChI=1S/C7H9NO3S2/c9-1-6-8-4(3-13-6)7(11)5(10)2-12/h1,3,5,7,10-12H,2H2. The molecule has 13 heavy (non-hydrogen) atoms. The number of aliphatic hydroxyl groups is 2. The number of thiol groups is 1. The van der Waals surface area contributed by atoms with E-state index in [9.17, 15) is 15.0 Å². The molecule has 0 aromatic carbocycles. The van der Waals surface area contributed by atoms with E-state index >= 15 is 0 Å². The van der Waals surface area contributed by atoms with E-state index < -0.39 is 12.2 Å². The first-order valence-corrected chi connectivity index (χ1v) is 5.08. The molecule has 0 radical (unpaired) electrons. The number of nitrogens with zero attached hydrogens (tertiary/aromatic N) is 1. The van der Waals surface area contributed by atoms with Crippen molar-refractivity contribution in [2.75, 3.05) is 5.75 Å². The topological polar surface area (TPSA) is 70.4 Å². The van der Waals surface area contributed by atoms with E-state index in [4.69, 9.17) is 0 Å². The normalized spacial score (nSPS) is 15.3. The predicted octanol–water partition coefficient (Wildman–Crippen LogP) is 0.280. The number of aliphatic hydroxyl groups excluding tert-OH is 2. The van der Waals surface area contributed by atoms with Crippen LogP contribution in [0.1, 0.15) is 21.6 Å². The summed E-state index contributed by atoms with van der Waals surface area (Å²) in [7, 11) is 0. The highest BCUT2D eigenvalue weighted by atomic mass is 32.1. The zero-order valence-electron chi connectivity index (χ0n) is 6.62. The average molecular weight is 219 g/mol. The first-order chi connectivity index (χ1) is 6.19. The minimum atomic E-state index is -1.07. The van der Waals surface area contributed by atoms with E-state index in [0.29, 0.717) is 17.0 Å². The highest BCUT2D eigenvalue weighted by molar-refractivity contribution is 7.80. The molecule has 2 atom stereocenters. The fourth-order valence-corrected chi connectivity index (χ4v) is 1.63. The molecule has 1 rings (SSSR count). The Morgan fingerprint density at radius 2 is 2.38 bits per heavy atom. The Kier molecular flexibility index (Phi) is 3.86. The van der Waals surface area contributed by atoms with Crippen LogP contribution in [-0.2, 0) is 0 Å². The summed E-state index contributed by atoms with van der Waals surface area (Å²) in [6.45, 7) is 0. The second-order valence-corrected chi connectivity index (χ2v) is 3.68. The number of hydrogen-bond acceptors (Lipinski definition) is 6. The summed E-state index contributed by atoms with van der Waals surface area (Å²) < 4.78 is 0. The molecule has 0 spiro atoms. The molecule has 72 valence electrons. The van der Waals surface area contributed by atoms with Crippen LogP contribution in [0.25, 0.3) is 0 Å². The SMILES string of the molecule is O=Cc1nc(C(O)C(O)CS)cs1. The molecule has 0 amide bonds. The van der Waals surface area contributed by atoms with Crippen molar-refractivity contribution in [2.45, 2.75) is 12.2 Å². The Bertz CT molecular complexity index is 289. The van der Waals surface area contributed by atoms with Gasteiger partial charge in [0.05, 0.1) is 11.8 Å². The molecule has 6 heteroatoms. The highest BCUT2D eigenvalue weighted by Crippen LogP contribution is 2.19. The monoisotopic (exact) mass is 219 g/mol. The number of aromatic nitrogens is 1. The largest absolute Gasteiger partial charge is 0.389 e. The van der Waals surface area contributed by atoms with Gasteiger partial charge in [-0.15, -0.1) is 11.3 Å². The lowest BCUT2D eigenvalue weighted by atomic mass is 10.2. The van der Waals surface area contributed by atoms with Crippen LogP contribution in [0.2, 0.25) is 0 Å². The molecule has 0 aliphatic carbocycles. The van der Waals surface area contributed by atoms with Gasteiger partial charge < -0.3 is 10.2 Å². The number of aldehydes is 1. The third-order valence-corrected chi connectivity index (χ3v) is 2.66. The molecule has 0 saturated carbocycles. The van der Waals surface area contributed by atoms with Crippen LogP contribution in [0, 0.1) is 0 Å². The van der Waals surface area contributed by atoms with Crippen molar-refractivity contribution in [1.82, 2.24) is 4.98 Å². The van der Waals surface area contributed by atoms with Crippen molar-refractivity contribution in [3.63, 3.8) is 0 Å². The van der Waals surface area contributed by atoms with Gasteiger partial charge in [-0.1, -0.05) is 0 Å². The quantitative estimate of drug-likeness (QED) is 0.502. The Morgan fingerprint density at radius 3 is 2.85 bits per heavy atom. The lowest BCUT2D eigenvalue weighted by Gasteiger charge is -2.12. The smallest absolute Gasteiger partial charge is 0.178 e. The number of carbonyl (C=O) groups excluding carboxylic acids is 1. The Balaban J connectivity index is 2.76. The Hall–Kier alpha value is -0.430. The van der Waals surface area contributed by atoms with Gasteiger partial charge in [-0.3, -0.25) is 4.79 Å². The maximum atomic E-state index is 10.3. The lowest BCUT2D eigenvalue weighted by molar-refractivity contribution is 0.0313. The molecule has 0 saturated heterocycles. The zero-order chi connectivity index (χ0) is 9.84. The van der Waals surface area contributed by atoms with Crippen LogP contribution < -0.4 is 0 Å². The van der Waals surface area contributed by atoms with Crippen molar-refractivity contribution in [3.8, 4) is 0 Å². The predicted molar refractivity (Wildman–Crippen MR) is 52.3 cm³/mol. The molecule has 0 aliphatic rings. The van der Waals surface area contributed by atoms with Crippen molar-refractivity contribution < 1.29 is 15.0 Å². The lowest BCUT2D eigenvalue weighted by Crippen LogP contribution is -2.20. The number of rotatable bonds is 4. The van der Waals surface area contributed by atoms with Gasteiger partial charge >= 0.3 is 0 Å². The molecular weight excluding hydrogens is 210 g/mol. The summed E-state index contributed by atoms with van der Waals surface area (Å²) in [4.78, 5) is 14.1. The van der Waals surface area contributed by atoms with Gasteiger partial charge in [0.1, 0.15) is 6.10 Å². The third kappa shape index (κ3) is 2.50. The Labute approximate surface area is 84.7 Å². The van der Waals surface area contributed by atoms with Gasteiger partial charge in [-0.2, -0.15) is 12.6 Å². The van der Waals surface area contributed by atoms with E-state index in [1.165, 1.54) is 0 Å². The van der Waals surface area contributed by atoms with Crippen LogP contribution >= 0.6 is 24.0 Å². The molecule has 0 aliphatic heterocycles. The summed E-state index contributed by atoms with van der Waals surface area (Å²) in [5.41, 5.74) is 0.314. The van der Waals surface area contributed by atoms with Crippen LogP contribution in [0.4, 0.5) is 0 Å². The second kappa shape index (κ2) is 4.71. The van der Waals surface area contributed by atoms with Gasteiger partial charge in [0.2, 0.25) is 0 Å². The van der Waals surface area contributed by atoms with E-state index in [-0.39, 0.29) is 5.75 Å². The molecule has 0 fully saturated rings. The highest BCUT2D eigenvalue weighted by Gasteiger charge is 2.19. The van der Waals surface area contributed by atoms with E-state index in [1.54, 1.807) is 5.38 Å². The Morgan fingerprint density at radius 1 is 1.69 bits per heavy atom. The molecule has 1 aromatic heterocycles. The fraction of sp³-hybridized carbons (Fsp3) is 0.429. The fourth-order valence-electron chi connectivity index (χ4n) is 0.788. The summed E-state index contributed by atoms with van der Waals surface area (Å²) in [6.07, 6.45) is -1.42. The molecule has 1 heterocycles. The first kappa shape index (κ1) is 10.6. The van der Waals surface area contributed by atoms with Crippen molar-refractivity contribution in [1.29, 1.82) is 0 Å². The number of carbonyl (C=O) groups is 1. The summed E-state index contributed by atoms with van der Waals surface area (Å²) in [5.74, 6) is 0.148. The van der Waals surface area contributed by atoms with E-state index in [2.05, 4.69) is 17.6 Å². The van der Waals surface area contributed by atoms with Crippen molar-refractivity contribution >= 4 is 30.3 Å². The van der Waals surface area contributed by atoms with Gasteiger partial charge in [0.25, 0.3) is 0 Å². The van der Waals surface area contributed by atoms with Crippen LogP contribution in [0.5, 0.6) is 0 Å². The van der Waals surface area contributed by atoms with Crippen LogP contribution in [0.15, 0.2) is 5.38 Å². The van der Waals surface area contributed by atoms with Gasteiger partial charge in [0.15, 0.2) is 11.3 Å². The second-order valence-electron chi connectivity index (χ2n) is 2.42.